The lowest BCUT2D eigenvalue weighted by atomic mass is 10.1. The molecule has 0 amide bonds. The average molecular weight is 473 g/mol. The van der Waals surface area contributed by atoms with Crippen molar-refractivity contribution in [3.63, 3.8) is 0 Å². The minimum atomic E-state index is -0.745. The molecule has 0 unspecified atom stereocenters. The third-order valence-corrected chi connectivity index (χ3v) is 5.99. The lowest BCUT2D eigenvalue weighted by Gasteiger charge is -2.22. The molecule has 0 saturated carbocycles. The van der Waals surface area contributed by atoms with Crippen LogP contribution < -0.4 is 9.64 Å². The van der Waals surface area contributed by atoms with E-state index >= 15 is 0 Å². The first-order valence-electron chi connectivity index (χ1n) is 11.1. The van der Waals surface area contributed by atoms with Gasteiger partial charge in [-0.1, -0.05) is 46.0 Å². The molecule has 8 heteroatoms. The SMILES string of the molecule is C=CC(=O)OCCOC(=O)/C(C#N)=C1\Sc2cc(OCCC(C)C)ccc2N1CCC(C)C. The maximum absolute atomic E-state index is 12.7. The standard InChI is InChI=1S/C25H32N2O5S/c1-6-23(28)31-13-14-32-25(29)20(16-26)24-27(11-9-17(2)3)21-8-7-19(15-22(21)33-24)30-12-10-18(4)5/h6-8,15,17-18H,1,9-14H2,2-5H3/b24-20-. The molecule has 33 heavy (non-hydrogen) atoms. The predicted molar refractivity (Wildman–Crippen MR) is 129 cm³/mol. The van der Waals surface area contributed by atoms with Crippen LogP contribution in [0.2, 0.25) is 0 Å². The zero-order valence-corrected chi connectivity index (χ0v) is 20.6. The van der Waals surface area contributed by atoms with E-state index in [-0.39, 0.29) is 18.8 Å². The van der Waals surface area contributed by atoms with Gasteiger partial charge < -0.3 is 19.1 Å². The lowest BCUT2D eigenvalue weighted by Crippen LogP contribution is -2.24. The molecule has 1 aromatic carbocycles. The largest absolute Gasteiger partial charge is 0.494 e. The monoisotopic (exact) mass is 472 g/mol. The van der Waals surface area contributed by atoms with E-state index < -0.39 is 11.9 Å². The summed E-state index contributed by atoms with van der Waals surface area (Å²) in [4.78, 5) is 26.7. The number of nitrogens with zero attached hydrogens (tertiary/aromatic N) is 2. The van der Waals surface area contributed by atoms with Crippen molar-refractivity contribution in [1.29, 1.82) is 5.26 Å². The zero-order chi connectivity index (χ0) is 24.4. The van der Waals surface area contributed by atoms with Crippen LogP contribution in [0.4, 0.5) is 5.69 Å². The second kappa shape index (κ2) is 12.9. The van der Waals surface area contributed by atoms with Gasteiger partial charge in [0.15, 0.2) is 5.57 Å². The summed E-state index contributed by atoms with van der Waals surface area (Å²) in [5, 5.41) is 10.3. The molecular formula is C25H32N2O5S. The fourth-order valence-corrected chi connectivity index (χ4v) is 4.15. The number of hydrogen-bond acceptors (Lipinski definition) is 8. The van der Waals surface area contributed by atoms with E-state index in [2.05, 4.69) is 34.3 Å². The molecule has 0 spiro atoms. The Kier molecular flexibility index (Phi) is 10.3. The fraction of sp³-hybridized carbons (Fsp3) is 0.480. The van der Waals surface area contributed by atoms with Crippen LogP contribution in [-0.4, -0.2) is 38.3 Å². The molecule has 7 nitrogen and oxygen atoms in total. The van der Waals surface area contributed by atoms with Gasteiger partial charge in [-0.2, -0.15) is 5.26 Å². The van der Waals surface area contributed by atoms with Gasteiger partial charge in [-0.15, -0.1) is 0 Å². The predicted octanol–water partition coefficient (Wildman–Crippen LogP) is 5.08. The van der Waals surface area contributed by atoms with Crippen molar-refractivity contribution >= 4 is 29.4 Å². The number of nitriles is 1. The van der Waals surface area contributed by atoms with Crippen molar-refractivity contribution in [3.05, 3.63) is 41.5 Å². The minimum Gasteiger partial charge on any atom is -0.494 e. The minimum absolute atomic E-state index is 0.0720. The number of carbonyl (C=O) groups excluding carboxylic acids is 2. The van der Waals surface area contributed by atoms with Crippen LogP contribution in [0.15, 0.2) is 46.4 Å². The fourth-order valence-electron chi connectivity index (χ4n) is 2.95. The van der Waals surface area contributed by atoms with Crippen molar-refractivity contribution in [1.82, 2.24) is 0 Å². The van der Waals surface area contributed by atoms with Gasteiger partial charge in [0.2, 0.25) is 0 Å². The average Bonchev–Trinajstić information content (AvgIpc) is 3.12. The van der Waals surface area contributed by atoms with Gasteiger partial charge in [-0.05, 0) is 42.9 Å². The molecule has 178 valence electrons. The van der Waals surface area contributed by atoms with Crippen LogP contribution in [-0.2, 0) is 19.1 Å². The molecule has 0 fully saturated rings. The molecule has 0 atom stereocenters. The van der Waals surface area contributed by atoms with Crippen LogP contribution in [0, 0.1) is 23.2 Å². The first-order chi connectivity index (χ1) is 15.8. The summed E-state index contributed by atoms with van der Waals surface area (Å²) in [6.45, 7) is 12.9. The smallest absolute Gasteiger partial charge is 0.351 e. The Hall–Kier alpha value is -2.92. The van der Waals surface area contributed by atoms with Crippen LogP contribution >= 0.6 is 11.8 Å². The highest BCUT2D eigenvalue weighted by Gasteiger charge is 2.31. The number of hydrogen-bond donors (Lipinski definition) is 0. The lowest BCUT2D eigenvalue weighted by molar-refractivity contribution is -0.146. The van der Waals surface area contributed by atoms with Gasteiger partial charge in [0, 0.05) is 17.5 Å². The summed E-state index contributed by atoms with van der Waals surface area (Å²) in [7, 11) is 0. The first-order valence-corrected chi connectivity index (χ1v) is 11.9. The molecule has 0 N–H and O–H groups in total. The number of anilines is 1. The molecular weight excluding hydrogens is 440 g/mol. The number of carbonyl (C=O) groups is 2. The van der Waals surface area contributed by atoms with Crippen LogP contribution in [0.1, 0.15) is 40.5 Å². The maximum Gasteiger partial charge on any atom is 0.351 e. The van der Waals surface area contributed by atoms with E-state index in [9.17, 15) is 14.9 Å². The second-order valence-corrected chi connectivity index (χ2v) is 9.43. The summed E-state index contributed by atoms with van der Waals surface area (Å²) in [6.07, 6.45) is 2.88. The van der Waals surface area contributed by atoms with E-state index in [1.807, 2.05) is 29.2 Å². The van der Waals surface area contributed by atoms with Crippen molar-refractivity contribution in [2.45, 2.75) is 45.4 Å². The molecule has 0 aliphatic carbocycles. The van der Waals surface area contributed by atoms with Gasteiger partial charge in [-0.3, -0.25) is 0 Å². The first kappa shape index (κ1) is 26.3. The summed E-state index contributed by atoms with van der Waals surface area (Å²) in [6, 6.07) is 7.84. The normalized spacial score (nSPS) is 14.0. The molecule has 0 saturated heterocycles. The third-order valence-electron chi connectivity index (χ3n) is 4.83. The van der Waals surface area contributed by atoms with Gasteiger partial charge in [-0.25, -0.2) is 9.59 Å². The summed E-state index contributed by atoms with van der Waals surface area (Å²) in [5.74, 6) is 0.427. The van der Waals surface area contributed by atoms with E-state index in [1.165, 1.54) is 11.8 Å². The number of ether oxygens (including phenoxy) is 3. The number of rotatable bonds is 12. The van der Waals surface area contributed by atoms with E-state index in [0.29, 0.717) is 30.0 Å². The third kappa shape index (κ3) is 7.86. The van der Waals surface area contributed by atoms with Crippen molar-refractivity contribution < 1.29 is 23.8 Å². The van der Waals surface area contributed by atoms with Crippen LogP contribution in [0.25, 0.3) is 0 Å². The maximum atomic E-state index is 12.7. The Morgan fingerprint density at radius 2 is 1.82 bits per heavy atom. The Bertz CT molecular complexity index is 933. The van der Waals surface area contributed by atoms with Gasteiger partial charge >= 0.3 is 11.9 Å². The van der Waals surface area contributed by atoms with Crippen LogP contribution in [0.5, 0.6) is 5.75 Å². The molecule has 0 aromatic heterocycles. The summed E-state index contributed by atoms with van der Waals surface area (Å²) >= 11 is 1.36. The number of benzene rings is 1. The Morgan fingerprint density at radius 3 is 2.45 bits per heavy atom. The highest BCUT2D eigenvalue weighted by atomic mass is 32.2. The number of esters is 2. The van der Waals surface area contributed by atoms with Crippen LogP contribution in [0.3, 0.4) is 0 Å². The Labute approximate surface area is 200 Å². The molecule has 0 bridgehead atoms. The topological polar surface area (TPSA) is 88.9 Å². The van der Waals surface area contributed by atoms with Crippen molar-refractivity contribution in [3.8, 4) is 11.8 Å². The van der Waals surface area contributed by atoms with Gasteiger partial charge in [0.05, 0.1) is 12.3 Å². The van der Waals surface area contributed by atoms with Gasteiger partial charge in [0.1, 0.15) is 30.1 Å². The molecule has 1 heterocycles. The Morgan fingerprint density at radius 1 is 1.12 bits per heavy atom. The molecule has 1 aromatic rings. The van der Waals surface area contributed by atoms with E-state index in [4.69, 9.17) is 14.2 Å². The van der Waals surface area contributed by atoms with Crippen molar-refractivity contribution in [2.24, 2.45) is 11.8 Å². The van der Waals surface area contributed by atoms with Crippen molar-refractivity contribution in [2.75, 3.05) is 31.3 Å². The summed E-state index contributed by atoms with van der Waals surface area (Å²) < 4.78 is 15.9. The van der Waals surface area contributed by atoms with Gasteiger partial charge in [0.25, 0.3) is 0 Å². The zero-order valence-electron chi connectivity index (χ0n) is 19.8. The molecule has 0 radical (unpaired) electrons. The van der Waals surface area contributed by atoms with E-state index in [1.54, 1.807) is 0 Å². The second-order valence-electron chi connectivity index (χ2n) is 8.40. The number of fused-ring (bicyclic) bond motifs is 1. The van der Waals surface area contributed by atoms with E-state index in [0.717, 1.165) is 35.3 Å². The molecule has 1 aliphatic heterocycles. The number of thioether (sulfide) groups is 1. The summed E-state index contributed by atoms with van der Waals surface area (Å²) in [5.41, 5.74) is 0.865. The molecule has 2 rings (SSSR count). The Balaban J connectivity index is 2.22. The highest BCUT2D eigenvalue weighted by molar-refractivity contribution is 8.03. The highest BCUT2D eigenvalue weighted by Crippen LogP contribution is 2.48. The molecule has 1 aliphatic rings. The quantitative estimate of drug-likeness (QED) is 0.180.